The number of aromatic nitrogens is 1. The number of hydrogen-bond donors (Lipinski definition) is 3. The van der Waals surface area contributed by atoms with E-state index in [1.54, 1.807) is 62.6 Å². The van der Waals surface area contributed by atoms with Crippen molar-refractivity contribution in [2.45, 2.75) is 26.2 Å². The van der Waals surface area contributed by atoms with Gasteiger partial charge in [-0.05, 0) is 69.6 Å². The highest BCUT2D eigenvalue weighted by atomic mass is 16.5. The minimum atomic E-state index is -0.286. The smallest absolute Gasteiger partial charge is 0.268 e. The predicted molar refractivity (Wildman–Crippen MR) is 148 cm³/mol. The molecule has 2 aromatic carbocycles. The lowest BCUT2D eigenvalue weighted by Crippen LogP contribution is -2.29. The summed E-state index contributed by atoms with van der Waals surface area (Å²) in [6, 6.07) is 14.3. The van der Waals surface area contributed by atoms with Crippen LogP contribution in [0.5, 0.6) is 5.75 Å². The number of carbonyl (C=O) groups excluding carboxylic acids is 3. The first-order valence-corrected chi connectivity index (χ1v) is 13.0. The van der Waals surface area contributed by atoms with E-state index in [1.807, 2.05) is 6.07 Å². The maximum absolute atomic E-state index is 13.6. The van der Waals surface area contributed by atoms with Gasteiger partial charge in [0.05, 0.1) is 29.6 Å². The molecule has 38 heavy (non-hydrogen) atoms. The molecule has 0 unspecified atom stereocenters. The predicted octanol–water partition coefficient (Wildman–Crippen LogP) is 4.27. The molecule has 0 atom stereocenters. The van der Waals surface area contributed by atoms with Crippen molar-refractivity contribution in [1.82, 2.24) is 15.2 Å². The average Bonchev–Trinajstić information content (AvgIpc) is 3.64. The number of nitrogens with one attached hydrogen (secondary N) is 3. The quantitative estimate of drug-likeness (QED) is 0.226. The first-order valence-electron chi connectivity index (χ1n) is 13.0. The van der Waals surface area contributed by atoms with Gasteiger partial charge in [-0.15, -0.1) is 0 Å². The number of rotatable bonds is 9. The van der Waals surface area contributed by atoms with Crippen LogP contribution in [0.3, 0.4) is 0 Å². The third-order valence-electron chi connectivity index (χ3n) is 7.20. The van der Waals surface area contributed by atoms with Crippen LogP contribution in [0.25, 0.3) is 11.6 Å². The van der Waals surface area contributed by atoms with E-state index < -0.39 is 0 Å². The average molecular weight is 513 g/mol. The molecule has 0 bridgehead atoms. The molecule has 2 aliphatic heterocycles. The lowest BCUT2D eigenvalue weighted by atomic mass is 9.97. The van der Waals surface area contributed by atoms with Crippen molar-refractivity contribution >= 4 is 34.9 Å². The summed E-state index contributed by atoms with van der Waals surface area (Å²) in [7, 11) is 1.57. The zero-order valence-electron chi connectivity index (χ0n) is 21.7. The van der Waals surface area contributed by atoms with Gasteiger partial charge in [-0.3, -0.25) is 14.4 Å². The fourth-order valence-electron chi connectivity index (χ4n) is 5.17. The Kier molecular flexibility index (Phi) is 7.42. The van der Waals surface area contributed by atoms with Gasteiger partial charge in [0.25, 0.3) is 11.8 Å². The second-order valence-corrected chi connectivity index (χ2v) is 9.69. The SMILES string of the molecule is COc1ccc2c(c1)NC(=O)/C2=C\c1[nH]c(C(=O)NCCCN2CCCC2)c(C)c1C(=O)c1ccccc1. The number of fused-ring (bicyclic) bond motifs is 1. The Morgan fingerprint density at radius 3 is 2.61 bits per heavy atom. The van der Waals surface area contributed by atoms with Crippen LogP contribution in [-0.2, 0) is 4.79 Å². The third kappa shape index (κ3) is 5.13. The summed E-state index contributed by atoms with van der Waals surface area (Å²) in [4.78, 5) is 45.2. The van der Waals surface area contributed by atoms with Crippen molar-refractivity contribution in [1.29, 1.82) is 0 Å². The number of likely N-dealkylation sites (tertiary alicyclic amines) is 1. The maximum atomic E-state index is 13.6. The highest BCUT2D eigenvalue weighted by Crippen LogP contribution is 2.36. The van der Waals surface area contributed by atoms with Crippen LogP contribution in [-0.4, -0.2) is 60.8 Å². The molecule has 0 saturated carbocycles. The number of methoxy groups -OCH3 is 1. The van der Waals surface area contributed by atoms with Gasteiger partial charge < -0.3 is 25.3 Å². The number of nitrogens with zero attached hydrogens (tertiary/aromatic N) is 1. The van der Waals surface area contributed by atoms with Crippen LogP contribution in [0.1, 0.15) is 62.5 Å². The van der Waals surface area contributed by atoms with Gasteiger partial charge in [-0.2, -0.15) is 0 Å². The summed E-state index contributed by atoms with van der Waals surface area (Å²) in [6.07, 6.45) is 4.99. The van der Waals surface area contributed by atoms with Gasteiger partial charge in [0, 0.05) is 23.7 Å². The Balaban J connectivity index is 1.47. The van der Waals surface area contributed by atoms with Crippen LogP contribution in [0.2, 0.25) is 0 Å². The number of ether oxygens (including phenoxy) is 1. The number of anilines is 1. The van der Waals surface area contributed by atoms with E-state index in [0.717, 1.165) is 26.1 Å². The largest absolute Gasteiger partial charge is 0.497 e. The standard InChI is InChI=1S/C30H32N4O4/c1-19-26(28(35)20-9-4-3-5-10-20)25(18-23-22-12-11-21(38-2)17-24(22)33-29(23)36)32-27(19)30(37)31-13-8-16-34-14-6-7-15-34/h3-5,9-12,17-18,32H,6-8,13-16H2,1-2H3,(H,31,37)(H,33,36)/b23-18-. The zero-order valence-corrected chi connectivity index (χ0v) is 21.7. The van der Waals surface area contributed by atoms with Gasteiger partial charge in [0.1, 0.15) is 11.4 Å². The number of amides is 2. The monoisotopic (exact) mass is 512 g/mol. The van der Waals surface area contributed by atoms with E-state index in [0.29, 0.717) is 57.2 Å². The van der Waals surface area contributed by atoms with Crippen LogP contribution in [0, 0.1) is 6.92 Å². The molecular weight excluding hydrogens is 480 g/mol. The topological polar surface area (TPSA) is 104 Å². The molecule has 5 rings (SSSR count). The van der Waals surface area contributed by atoms with E-state index in [-0.39, 0.29) is 17.6 Å². The Hall–Kier alpha value is -4.17. The summed E-state index contributed by atoms with van der Waals surface area (Å²) in [6.45, 7) is 5.51. The summed E-state index contributed by atoms with van der Waals surface area (Å²) in [5, 5.41) is 5.85. The zero-order chi connectivity index (χ0) is 26.6. The first kappa shape index (κ1) is 25.5. The van der Waals surface area contributed by atoms with E-state index in [4.69, 9.17) is 4.74 Å². The van der Waals surface area contributed by atoms with Crippen molar-refractivity contribution in [3.8, 4) is 5.75 Å². The van der Waals surface area contributed by atoms with Crippen molar-refractivity contribution in [2.75, 3.05) is 38.6 Å². The van der Waals surface area contributed by atoms with E-state index in [2.05, 4.69) is 20.5 Å². The minimum absolute atomic E-state index is 0.215. The van der Waals surface area contributed by atoms with Crippen molar-refractivity contribution in [3.63, 3.8) is 0 Å². The number of carbonyl (C=O) groups is 3. The fraction of sp³-hybridized carbons (Fsp3) is 0.300. The molecule has 3 N–H and O–H groups in total. The van der Waals surface area contributed by atoms with Gasteiger partial charge in [0.15, 0.2) is 5.78 Å². The highest BCUT2D eigenvalue weighted by Gasteiger charge is 2.28. The summed E-state index contributed by atoms with van der Waals surface area (Å²) >= 11 is 0. The molecular formula is C30H32N4O4. The third-order valence-corrected chi connectivity index (χ3v) is 7.20. The molecule has 0 radical (unpaired) electrons. The van der Waals surface area contributed by atoms with Crippen LogP contribution in [0.4, 0.5) is 5.69 Å². The van der Waals surface area contributed by atoms with Gasteiger partial charge in [-0.1, -0.05) is 30.3 Å². The van der Waals surface area contributed by atoms with Crippen molar-refractivity contribution in [3.05, 3.63) is 82.2 Å². The summed E-state index contributed by atoms with van der Waals surface area (Å²) in [5.41, 5.74) is 3.93. The molecule has 1 aromatic heterocycles. The molecule has 3 heterocycles. The van der Waals surface area contributed by atoms with E-state index >= 15 is 0 Å². The lowest BCUT2D eigenvalue weighted by molar-refractivity contribution is -0.110. The van der Waals surface area contributed by atoms with Gasteiger partial charge in [-0.25, -0.2) is 0 Å². The van der Waals surface area contributed by atoms with Gasteiger partial charge in [0.2, 0.25) is 0 Å². The van der Waals surface area contributed by atoms with Crippen LogP contribution >= 0.6 is 0 Å². The molecule has 0 spiro atoms. The maximum Gasteiger partial charge on any atom is 0.268 e. The molecule has 2 aliphatic rings. The molecule has 8 nitrogen and oxygen atoms in total. The fourth-order valence-corrected chi connectivity index (χ4v) is 5.17. The molecule has 0 aliphatic carbocycles. The number of hydrogen-bond acceptors (Lipinski definition) is 5. The van der Waals surface area contributed by atoms with Crippen LogP contribution < -0.4 is 15.4 Å². The Morgan fingerprint density at radius 1 is 1.11 bits per heavy atom. The number of H-pyrrole nitrogens is 1. The molecule has 3 aromatic rings. The first-order chi connectivity index (χ1) is 18.5. The second-order valence-electron chi connectivity index (χ2n) is 9.69. The second kappa shape index (κ2) is 11.1. The molecule has 196 valence electrons. The van der Waals surface area contributed by atoms with Crippen LogP contribution in [0.15, 0.2) is 48.5 Å². The van der Waals surface area contributed by atoms with E-state index in [1.165, 1.54) is 12.8 Å². The van der Waals surface area contributed by atoms with Crippen molar-refractivity contribution in [2.24, 2.45) is 0 Å². The Labute approximate surface area is 222 Å². The summed E-state index contributed by atoms with van der Waals surface area (Å²) in [5.74, 6) is -0.138. The van der Waals surface area contributed by atoms with E-state index in [9.17, 15) is 14.4 Å². The molecule has 2 amide bonds. The van der Waals surface area contributed by atoms with Gasteiger partial charge >= 0.3 is 0 Å². The Morgan fingerprint density at radius 2 is 1.87 bits per heavy atom. The normalized spacial score (nSPS) is 15.9. The number of benzene rings is 2. The number of ketones is 1. The highest BCUT2D eigenvalue weighted by molar-refractivity contribution is 6.35. The molecule has 8 heteroatoms. The Bertz CT molecular complexity index is 1400. The molecule has 1 fully saturated rings. The van der Waals surface area contributed by atoms with Crippen molar-refractivity contribution < 1.29 is 19.1 Å². The number of aromatic amines is 1. The summed E-state index contributed by atoms with van der Waals surface area (Å²) < 4.78 is 5.27. The lowest BCUT2D eigenvalue weighted by Gasteiger charge is -2.14. The minimum Gasteiger partial charge on any atom is -0.497 e. The molecule has 1 saturated heterocycles.